The molecule has 21 heavy (non-hydrogen) atoms. The summed E-state index contributed by atoms with van der Waals surface area (Å²) in [4.78, 5) is 8.84. The lowest BCUT2D eigenvalue weighted by atomic mass is 10.2. The first-order valence-corrected chi connectivity index (χ1v) is 6.94. The number of nitrogens with one attached hydrogen (secondary N) is 1. The maximum absolute atomic E-state index is 9.10. The lowest BCUT2D eigenvalue weighted by Gasteiger charge is -2.12. The number of benzene rings is 1. The van der Waals surface area contributed by atoms with E-state index in [1.165, 1.54) is 0 Å². The van der Waals surface area contributed by atoms with Crippen molar-refractivity contribution < 1.29 is 4.74 Å². The molecule has 5 nitrogen and oxygen atoms in total. The fourth-order valence-corrected chi connectivity index (χ4v) is 1.79. The average Bonchev–Trinajstić information content (AvgIpc) is 2.48. The summed E-state index contributed by atoms with van der Waals surface area (Å²) in [7, 11) is 0. The van der Waals surface area contributed by atoms with Crippen LogP contribution in [0.1, 0.15) is 38.1 Å². The molecule has 2 rings (SSSR count). The van der Waals surface area contributed by atoms with Gasteiger partial charge < -0.3 is 10.1 Å². The Morgan fingerprint density at radius 1 is 1.29 bits per heavy atom. The second-order valence-corrected chi connectivity index (χ2v) is 4.84. The van der Waals surface area contributed by atoms with Crippen molar-refractivity contribution >= 4 is 5.82 Å². The fraction of sp³-hybridized carbons (Fsp3) is 0.312. The van der Waals surface area contributed by atoms with Crippen molar-refractivity contribution in [2.75, 3.05) is 11.9 Å². The molecule has 0 aliphatic rings. The van der Waals surface area contributed by atoms with Crippen LogP contribution < -0.4 is 10.1 Å². The van der Waals surface area contributed by atoms with Crippen molar-refractivity contribution in [1.29, 1.82) is 5.26 Å². The first-order chi connectivity index (χ1) is 10.1. The van der Waals surface area contributed by atoms with Crippen LogP contribution in [0.5, 0.6) is 11.6 Å². The zero-order valence-electron chi connectivity index (χ0n) is 12.4. The number of nitriles is 1. The molecule has 0 aliphatic heterocycles. The maximum atomic E-state index is 9.10. The molecule has 108 valence electrons. The molecule has 0 amide bonds. The molecule has 0 fully saturated rings. The van der Waals surface area contributed by atoms with E-state index < -0.39 is 0 Å². The van der Waals surface area contributed by atoms with E-state index in [2.05, 4.69) is 21.4 Å². The Labute approximate surface area is 124 Å². The molecular formula is C16H18N4O. The highest BCUT2D eigenvalue weighted by Crippen LogP contribution is 2.26. The number of anilines is 1. The lowest BCUT2D eigenvalue weighted by molar-refractivity contribution is 0.456. The molecule has 0 radical (unpaired) electrons. The van der Waals surface area contributed by atoms with Gasteiger partial charge in [-0.3, -0.25) is 0 Å². The van der Waals surface area contributed by atoms with Gasteiger partial charge >= 0.3 is 0 Å². The third kappa shape index (κ3) is 3.69. The molecule has 0 saturated heterocycles. The Bertz CT molecular complexity index is 662. The van der Waals surface area contributed by atoms with Gasteiger partial charge in [-0.05, 0) is 19.1 Å². The van der Waals surface area contributed by atoms with Crippen LogP contribution in [0.4, 0.5) is 5.82 Å². The zero-order valence-corrected chi connectivity index (χ0v) is 12.4. The van der Waals surface area contributed by atoms with E-state index in [4.69, 9.17) is 10.00 Å². The summed E-state index contributed by atoms with van der Waals surface area (Å²) < 4.78 is 5.76. The summed E-state index contributed by atoms with van der Waals surface area (Å²) >= 11 is 0. The zero-order chi connectivity index (χ0) is 15.2. The van der Waals surface area contributed by atoms with Crippen LogP contribution in [0.25, 0.3) is 0 Å². The molecule has 1 aromatic carbocycles. The maximum Gasteiger partial charge on any atom is 0.224 e. The van der Waals surface area contributed by atoms with Crippen molar-refractivity contribution in [2.24, 2.45) is 0 Å². The van der Waals surface area contributed by atoms with Gasteiger partial charge in [0.15, 0.2) is 0 Å². The summed E-state index contributed by atoms with van der Waals surface area (Å²) in [5.74, 6) is 2.55. The van der Waals surface area contributed by atoms with E-state index in [0.29, 0.717) is 23.0 Å². The topological polar surface area (TPSA) is 70.8 Å². The molecule has 1 heterocycles. The minimum Gasteiger partial charge on any atom is -0.437 e. The van der Waals surface area contributed by atoms with E-state index in [1.807, 2.05) is 26.8 Å². The molecular weight excluding hydrogens is 264 g/mol. The van der Waals surface area contributed by atoms with Crippen molar-refractivity contribution in [3.05, 3.63) is 41.7 Å². The summed E-state index contributed by atoms with van der Waals surface area (Å²) in [6, 6.07) is 10.9. The summed E-state index contributed by atoms with van der Waals surface area (Å²) in [5.41, 5.74) is 0.479. The highest BCUT2D eigenvalue weighted by atomic mass is 16.5. The van der Waals surface area contributed by atoms with Crippen LogP contribution in [0, 0.1) is 11.3 Å². The first-order valence-electron chi connectivity index (χ1n) is 6.94. The molecule has 0 atom stereocenters. The molecule has 5 heteroatoms. The SMILES string of the molecule is CCNc1cc(Oc2ccccc2C#N)nc(C(C)C)n1. The predicted molar refractivity (Wildman–Crippen MR) is 81.5 cm³/mol. The summed E-state index contributed by atoms with van der Waals surface area (Å²) in [6.45, 7) is 6.82. The number of aromatic nitrogens is 2. The molecule has 0 unspecified atom stereocenters. The quantitative estimate of drug-likeness (QED) is 0.905. The standard InChI is InChI=1S/C16H18N4O/c1-4-18-14-9-15(20-16(19-14)11(2)3)21-13-8-6-5-7-12(13)10-17/h5-9,11H,4H2,1-3H3,(H,18,19,20). The predicted octanol–water partition coefficient (Wildman–Crippen LogP) is 3.70. The van der Waals surface area contributed by atoms with Gasteiger partial charge in [-0.1, -0.05) is 26.0 Å². The normalized spacial score (nSPS) is 10.2. The second kappa shape index (κ2) is 6.71. The van der Waals surface area contributed by atoms with Crippen molar-refractivity contribution in [3.63, 3.8) is 0 Å². The summed E-state index contributed by atoms with van der Waals surface area (Å²) in [6.07, 6.45) is 0. The number of para-hydroxylation sites is 1. The van der Waals surface area contributed by atoms with Crippen LogP contribution in [-0.4, -0.2) is 16.5 Å². The van der Waals surface area contributed by atoms with Gasteiger partial charge in [0, 0.05) is 18.5 Å². The van der Waals surface area contributed by atoms with Gasteiger partial charge in [0.05, 0.1) is 5.56 Å². The molecule has 0 aliphatic carbocycles. The highest BCUT2D eigenvalue weighted by molar-refractivity contribution is 5.46. The Kier molecular flexibility index (Phi) is 4.72. The highest BCUT2D eigenvalue weighted by Gasteiger charge is 2.11. The van der Waals surface area contributed by atoms with Gasteiger partial charge in [-0.25, -0.2) is 4.98 Å². The van der Waals surface area contributed by atoms with Crippen molar-refractivity contribution in [1.82, 2.24) is 9.97 Å². The van der Waals surface area contributed by atoms with Crippen LogP contribution in [-0.2, 0) is 0 Å². The Morgan fingerprint density at radius 3 is 2.71 bits per heavy atom. The average molecular weight is 282 g/mol. The van der Waals surface area contributed by atoms with E-state index in [1.54, 1.807) is 24.3 Å². The van der Waals surface area contributed by atoms with E-state index in [0.717, 1.165) is 12.4 Å². The van der Waals surface area contributed by atoms with E-state index in [-0.39, 0.29) is 5.92 Å². The molecule has 0 spiro atoms. The lowest BCUT2D eigenvalue weighted by Crippen LogP contribution is -2.06. The third-order valence-electron chi connectivity index (χ3n) is 2.82. The monoisotopic (exact) mass is 282 g/mol. The van der Waals surface area contributed by atoms with Crippen LogP contribution in [0.15, 0.2) is 30.3 Å². The Morgan fingerprint density at radius 2 is 2.05 bits per heavy atom. The minimum atomic E-state index is 0.192. The van der Waals surface area contributed by atoms with Crippen LogP contribution in [0.3, 0.4) is 0 Å². The third-order valence-corrected chi connectivity index (χ3v) is 2.82. The molecule has 0 saturated carbocycles. The number of ether oxygens (including phenoxy) is 1. The van der Waals surface area contributed by atoms with E-state index >= 15 is 0 Å². The molecule has 1 N–H and O–H groups in total. The fourth-order valence-electron chi connectivity index (χ4n) is 1.79. The summed E-state index contributed by atoms with van der Waals surface area (Å²) in [5, 5.41) is 12.3. The van der Waals surface area contributed by atoms with Crippen molar-refractivity contribution in [2.45, 2.75) is 26.7 Å². The molecule has 2 aromatic rings. The van der Waals surface area contributed by atoms with Gasteiger partial charge in [-0.2, -0.15) is 10.2 Å². The largest absolute Gasteiger partial charge is 0.437 e. The van der Waals surface area contributed by atoms with Gasteiger partial charge in [-0.15, -0.1) is 0 Å². The number of hydrogen-bond donors (Lipinski definition) is 1. The Hall–Kier alpha value is -2.61. The molecule has 1 aromatic heterocycles. The van der Waals surface area contributed by atoms with E-state index in [9.17, 15) is 0 Å². The van der Waals surface area contributed by atoms with Gasteiger partial charge in [0.2, 0.25) is 5.88 Å². The number of nitrogens with zero attached hydrogens (tertiary/aromatic N) is 3. The number of hydrogen-bond acceptors (Lipinski definition) is 5. The Balaban J connectivity index is 2.37. The van der Waals surface area contributed by atoms with Crippen LogP contribution in [0.2, 0.25) is 0 Å². The first kappa shape index (κ1) is 14.8. The second-order valence-electron chi connectivity index (χ2n) is 4.84. The minimum absolute atomic E-state index is 0.192. The number of rotatable bonds is 5. The van der Waals surface area contributed by atoms with Crippen LogP contribution >= 0.6 is 0 Å². The smallest absolute Gasteiger partial charge is 0.224 e. The van der Waals surface area contributed by atoms with Gasteiger partial charge in [0.1, 0.15) is 23.5 Å². The van der Waals surface area contributed by atoms with Crippen molar-refractivity contribution in [3.8, 4) is 17.7 Å². The molecule has 0 bridgehead atoms. The van der Waals surface area contributed by atoms with Gasteiger partial charge in [0.25, 0.3) is 0 Å².